The average Bonchev–Trinajstić information content (AvgIpc) is 2.81. The molecule has 1 saturated heterocycles. The summed E-state index contributed by atoms with van der Waals surface area (Å²) >= 11 is 0. The summed E-state index contributed by atoms with van der Waals surface area (Å²) in [5, 5.41) is 3.13. The van der Waals surface area contributed by atoms with Crippen molar-refractivity contribution in [1.82, 2.24) is 10.2 Å². The van der Waals surface area contributed by atoms with E-state index in [1.807, 2.05) is 0 Å². The topological polar surface area (TPSA) is 49.4 Å². The molecule has 2 rings (SSSR count). The molecule has 0 bridgehead atoms. The molecule has 0 spiro atoms. The molecule has 18 heavy (non-hydrogen) atoms. The van der Waals surface area contributed by atoms with Crippen LogP contribution < -0.4 is 5.32 Å². The molecular weight excluding hydrogens is 228 g/mol. The number of hydrogen-bond donors (Lipinski definition) is 1. The predicted molar refractivity (Wildman–Crippen MR) is 70.0 cm³/mol. The maximum Gasteiger partial charge on any atom is 0.243 e. The first-order valence-electron chi connectivity index (χ1n) is 7.15. The van der Waals surface area contributed by atoms with Gasteiger partial charge in [-0.2, -0.15) is 0 Å². The summed E-state index contributed by atoms with van der Waals surface area (Å²) < 4.78 is 0. The molecule has 4 nitrogen and oxygen atoms in total. The summed E-state index contributed by atoms with van der Waals surface area (Å²) in [6.07, 6.45) is 6.32. The first-order valence-corrected chi connectivity index (χ1v) is 7.15. The van der Waals surface area contributed by atoms with Crippen LogP contribution in [0.2, 0.25) is 0 Å². The van der Waals surface area contributed by atoms with Crippen molar-refractivity contribution in [1.29, 1.82) is 0 Å². The van der Waals surface area contributed by atoms with Crippen molar-refractivity contribution in [2.45, 2.75) is 64.5 Å². The third kappa shape index (κ3) is 3.03. The van der Waals surface area contributed by atoms with E-state index in [9.17, 15) is 9.59 Å². The number of amides is 2. The Kier molecular flexibility index (Phi) is 4.25. The van der Waals surface area contributed by atoms with Gasteiger partial charge in [0.2, 0.25) is 11.8 Å². The van der Waals surface area contributed by atoms with Crippen molar-refractivity contribution in [3.8, 4) is 0 Å². The molecule has 102 valence electrons. The Hall–Kier alpha value is -1.06. The van der Waals surface area contributed by atoms with Crippen LogP contribution in [0.3, 0.4) is 0 Å². The molecule has 1 heterocycles. The summed E-state index contributed by atoms with van der Waals surface area (Å²) in [4.78, 5) is 25.4. The van der Waals surface area contributed by atoms with E-state index in [0.717, 1.165) is 38.1 Å². The molecule has 1 aliphatic carbocycles. The lowest BCUT2D eigenvalue weighted by Crippen LogP contribution is -2.49. The molecule has 0 unspecified atom stereocenters. The van der Waals surface area contributed by atoms with E-state index < -0.39 is 0 Å². The zero-order valence-electron chi connectivity index (χ0n) is 11.4. The van der Waals surface area contributed by atoms with Gasteiger partial charge in [0.05, 0.1) is 0 Å². The van der Waals surface area contributed by atoms with Gasteiger partial charge in [-0.25, -0.2) is 0 Å². The predicted octanol–water partition coefficient (Wildman–Crippen LogP) is 1.69. The molecule has 0 aromatic rings. The van der Waals surface area contributed by atoms with Gasteiger partial charge >= 0.3 is 0 Å². The molecule has 4 heteroatoms. The van der Waals surface area contributed by atoms with E-state index in [0.29, 0.717) is 6.04 Å². The number of nitrogens with zero attached hydrogens (tertiary/aromatic N) is 1. The first kappa shape index (κ1) is 13.4. The van der Waals surface area contributed by atoms with Crippen LogP contribution in [0.25, 0.3) is 0 Å². The van der Waals surface area contributed by atoms with Gasteiger partial charge in [-0.05, 0) is 44.4 Å². The molecule has 0 aromatic carbocycles. The van der Waals surface area contributed by atoms with Gasteiger partial charge < -0.3 is 10.2 Å². The lowest BCUT2D eigenvalue weighted by molar-refractivity contribution is -0.137. The van der Waals surface area contributed by atoms with E-state index >= 15 is 0 Å². The highest BCUT2D eigenvalue weighted by molar-refractivity contribution is 5.87. The highest BCUT2D eigenvalue weighted by Gasteiger charge is 2.33. The largest absolute Gasteiger partial charge is 0.352 e. The van der Waals surface area contributed by atoms with Crippen LogP contribution in [0.15, 0.2) is 0 Å². The lowest BCUT2D eigenvalue weighted by atomic mass is 9.87. The smallest absolute Gasteiger partial charge is 0.243 e. The Labute approximate surface area is 109 Å². The highest BCUT2D eigenvalue weighted by atomic mass is 16.2. The zero-order chi connectivity index (χ0) is 13.1. The van der Waals surface area contributed by atoms with Gasteiger partial charge in [0.25, 0.3) is 0 Å². The molecule has 2 fully saturated rings. The van der Waals surface area contributed by atoms with E-state index in [2.05, 4.69) is 12.2 Å². The summed E-state index contributed by atoms with van der Waals surface area (Å²) in [7, 11) is 0. The van der Waals surface area contributed by atoms with Gasteiger partial charge in [-0.3, -0.25) is 9.59 Å². The molecule has 1 saturated carbocycles. The van der Waals surface area contributed by atoms with Crippen molar-refractivity contribution >= 4 is 11.8 Å². The second-order valence-corrected chi connectivity index (χ2v) is 5.84. The zero-order valence-corrected chi connectivity index (χ0v) is 11.4. The molecule has 2 amide bonds. The monoisotopic (exact) mass is 252 g/mol. The van der Waals surface area contributed by atoms with Crippen molar-refractivity contribution in [2.75, 3.05) is 6.54 Å². The fraction of sp³-hybridized carbons (Fsp3) is 0.857. The van der Waals surface area contributed by atoms with Gasteiger partial charge in [0.15, 0.2) is 0 Å². The minimum atomic E-state index is -0.221. The summed E-state index contributed by atoms with van der Waals surface area (Å²) in [5.74, 6) is 0.866. The van der Waals surface area contributed by atoms with E-state index in [1.54, 1.807) is 11.8 Å². The van der Waals surface area contributed by atoms with Crippen molar-refractivity contribution < 1.29 is 9.59 Å². The van der Waals surface area contributed by atoms with E-state index in [-0.39, 0.29) is 17.9 Å². The fourth-order valence-electron chi connectivity index (χ4n) is 3.12. The minimum absolute atomic E-state index is 0.0184. The second-order valence-electron chi connectivity index (χ2n) is 5.84. The third-order valence-corrected chi connectivity index (χ3v) is 4.32. The van der Waals surface area contributed by atoms with Gasteiger partial charge in [-0.1, -0.05) is 6.92 Å². The fourth-order valence-corrected chi connectivity index (χ4v) is 3.12. The van der Waals surface area contributed by atoms with Crippen LogP contribution in [-0.2, 0) is 9.59 Å². The molecule has 1 aliphatic heterocycles. The maximum atomic E-state index is 12.2. The number of nitrogens with one attached hydrogen (secondary N) is 1. The summed E-state index contributed by atoms with van der Waals surface area (Å²) in [6.45, 7) is 4.55. The lowest BCUT2D eigenvalue weighted by Gasteiger charge is -2.29. The first-order chi connectivity index (χ1) is 8.58. The maximum absolute atomic E-state index is 12.2. The van der Waals surface area contributed by atoms with Gasteiger partial charge in [-0.15, -0.1) is 0 Å². The highest BCUT2D eigenvalue weighted by Crippen LogP contribution is 2.24. The quantitative estimate of drug-likeness (QED) is 0.813. The Balaban J connectivity index is 1.86. The second kappa shape index (κ2) is 5.72. The van der Waals surface area contributed by atoms with Crippen LogP contribution in [0.5, 0.6) is 0 Å². The van der Waals surface area contributed by atoms with Crippen LogP contribution >= 0.6 is 0 Å². The Morgan fingerprint density at radius 2 is 1.78 bits per heavy atom. The summed E-state index contributed by atoms with van der Waals surface area (Å²) in [6, 6.07) is 0.102. The molecule has 1 atom stereocenters. The Morgan fingerprint density at radius 3 is 2.39 bits per heavy atom. The normalized spacial score (nSPS) is 32.3. The van der Waals surface area contributed by atoms with Crippen LogP contribution in [0.1, 0.15) is 52.4 Å². The number of rotatable bonds is 2. The molecule has 0 aromatic heterocycles. The molecule has 1 N–H and O–H groups in total. The van der Waals surface area contributed by atoms with Gasteiger partial charge in [0.1, 0.15) is 6.04 Å². The van der Waals surface area contributed by atoms with Crippen LogP contribution in [0, 0.1) is 5.92 Å². The third-order valence-electron chi connectivity index (χ3n) is 4.32. The number of carbonyl (C=O) groups excluding carboxylic acids is 2. The van der Waals surface area contributed by atoms with Crippen molar-refractivity contribution in [3.05, 3.63) is 0 Å². The standard InChI is InChI=1S/C14H24N2O2/c1-10-5-7-12(8-6-10)15-14(18)13-4-3-9-16(13)11(2)17/h10,12-13H,3-9H2,1-2H3,(H,15,18)/t10?,12?,13-/m0/s1. The van der Waals surface area contributed by atoms with Crippen molar-refractivity contribution in [2.24, 2.45) is 5.92 Å². The molecule has 0 radical (unpaired) electrons. The van der Waals surface area contributed by atoms with E-state index in [1.165, 1.54) is 12.8 Å². The molecule has 2 aliphatic rings. The SMILES string of the molecule is CC(=O)N1CCC[C@H]1C(=O)NC1CCC(C)CC1. The van der Waals surface area contributed by atoms with Crippen molar-refractivity contribution in [3.63, 3.8) is 0 Å². The van der Waals surface area contributed by atoms with Crippen LogP contribution in [0.4, 0.5) is 0 Å². The van der Waals surface area contributed by atoms with Crippen LogP contribution in [-0.4, -0.2) is 35.3 Å². The number of hydrogen-bond acceptors (Lipinski definition) is 2. The Bertz CT molecular complexity index is 322. The molecular formula is C14H24N2O2. The average molecular weight is 252 g/mol. The Morgan fingerprint density at radius 1 is 1.11 bits per heavy atom. The number of likely N-dealkylation sites (tertiary alicyclic amines) is 1. The summed E-state index contributed by atoms with van der Waals surface area (Å²) in [5.41, 5.74) is 0. The minimum Gasteiger partial charge on any atom is -0.352 e. The van der Waals surface area contributed by atoms with Gasteiger partial charge in [0, 0.05) is 19.5 Å². The number of carbonyl (C=O) groups is 2. The van der Waals surface area contributed by atoms with E-state index in [4.69, 9.17) is 0 Å².